The average Bonchev–Trinajstić information content (AvgIpc) is 2.52. The van der Waals surface area contributed by atoms with Crippen molar-refractivity contribution in [3.8, 4) is 11.5 Å². The van der Waals surface area contributed by atoms with Gasteiger partial charge in [0.1, 0.15) is 11.5 Å². The molecule has 0 aliphatic carbocycles. The molecule has 0 fully saturated rings. The lowest BCUT2D eigenvalue weighted by molar-refractivity contribution is -0.0683. The van der Waals surface area contributed by atoms with Crippen LogP contribution in [0, 0.1) is 0 Å². The zero-order chi connectivity index (χ0) is 16.2. The Balaban J connectivity index is 2.42. The van der Waals surface area contributed by atoms with Crippen molar-refractivity contribution >= 4 is 11.6 Å². The number of hydrogen-bond donors (Lipinski definition) is 0. The van der Waals surface area contributed by atoms with Crippen molar-refractivity contribution in [1.82, 2.24) is 0 Å². The number of rotatable bonds is 4. The minimum absolute atomic E-state index is 0.0871. The molecule has 2 rings (SSSR count). The Bertz CT molecular complexity index is 641. The number of alkyl halides is 3. The van der Waals surface area contributed by atoms with Crippen molar-refractivity contribution in [3.05, 3.63) is 59.7 Å². The smallest absolute Gasteiger partial charge is 0.417 e. The SMILES string of the molecule is COc1ccc(/C=C(\c2ccc(OC)cc2)C(F)(F)F)cc1. The van der Waals surface area contributed by atoms with Crippen LogP contribution in [0.3, 0.4) is 0 Å². The first kappa shape index (κ1) is 15.9. The van der Waals surface area contributed by atoms with Crippen molar-refractivity contribution in [2.24, 2.45) is 0 Å². The molecule has 0 spiro atoms. The van der Waals surface area contributed by atoms with Crippen LogP contribution in [0.2, 0.25) is 0 Å². The summed E-state index contributed by atoms with van der Waals surface area (Å²) < 4.78 is 49.8. The molecule has 0 amide bonds. The topological polar surface area (TPSA) is 18.5 Å². The average molecular weight is 308 g/mol. The lowest BCUT2D eigenvalue weighted by Gasteiger charge is -2.13. The van der Waals surface area contributed by atoms with E-state index in [1.807, 2.05) is 0 Å². The number of halogens is 3. The lowest BCUT2D eigenvalue weighted by atomic mass is 10.0. The minimum Gasteiger partial charge on any atom is -0.497 e. The second-order valence-electron chi connectivity index (χ2n) is 4.56. The van der Waals surface area contributed by atoms with E-state index < -0.39 is 11.7 Å². The van der Waals surface area contributed by atoms with Gasteiger partial charge in [0.2, 0.25) is 0 Å². The predicted molar refractivity (Wildman–Crippen MR) is 79.9 cm³/mol. The Morgan fingerprint density at radius 2 is 1.27 bits per heavy atom. The zero-order valence-electron chi connectivity index (χ0n) is 12.1. The van der Waals surface area contributed by atoms with Crippen LogP contribution in [-0.4, -0.2) is 20.4 Å². The van der Waals surface area contributed by atoms with Gasteiger partial charge in [-0.05, 0) is 41.5 Å². The van der Waals surface area contributed by atoms with Crippen LogP contribution >= 0.6 is 0 Å². The molecule has 0 N–H and O–H groups in total. The van der Waals surface area contributed by atoms with Crippen molar-refractivity contribution < 1.29 is 22.6 Å². The summed E-state index contributed by atoms with van der Waals surface area (Å²) >= 11 is 0. The highest BCUT2D eigenvalue weighted by Crippen LogP contribution is 2.36. The molecular formula is C17H15F3O2. The highest BCUT2D eigenvalue weighted by atomic mass is 19.4. The van der Waals surface area contributed by atoms with Crippen molar-refractivity contribution in [2.45, 2.75) is 6.18 Å². The Morgan fingerprint density at radius 3 is 1.68 bits per heavy atom. The van der Waals surface area contributed by atoms with E-state index in [-0.39, 0.29) is 5.56 Å². The van der Waals surface area contributed by atoms with Gasteiger partial charge in [-0.1, -0.05) is 24.3 Å². The van der Waals surface area contributed by atoms with Crippen molar-refractivity contribution in [2.75, 3.05) is 14.2 Å². The normalized spacial score (nSPS) is 12.1. The molecule has 0 unspecified atom stereocenters. The van der Waals surface area contributed by atoms with Gasteiger partial charge in [-0.15, -0.1) is 0 Å². The Kier molecular flexibility index (Phi) is 4.75. The molecule has 0 saturated heterocycles. The maximum atomic E-state index is 13.3. The molecule has 0 aliphatic heterocycles. The van der Waals surface area contributed by atoms with E-state index in [4.69, 9.17) is 9.47 Å². The zero-order valence-corrected chi connectivity index (χ0v) is 12.1. The maximum Gasteiger partial charge on any atom is 0.417 e. The number of ether oxygens (including phenoxy) is 2. The molecule has 2 nitrogen and oxygen atoms in total. The quantitative estimate of drug-likeness (QED) is 0.755. The summed E-state index contributed by atoms with van der Waals surface area (Å²) in [5, 5.41) is 0. The van der Waals surface area contributed by atoms with Crippen LogP contribution < -0.4 is 9.47 Å². The van der Waals surface area contributed by atoms with E-state index in [2.05, 4.69) is 0 Å². The fraction of sp³-hybridized carbons (Fsp3) is 0.176. The van der Waals surface area contributed by atoms with Crippen LogP contribution in [0.1, 0.15) is 11.1 Å². The van der Waals surface area contributed by atoms with Gasteiger partial charge in [-0.3, -0.25) is 0 Å². The van der Waals surface area contributed by atoms with Gasteiger partial charge in [0.05, 0.1) is 19.8 Å². The largest absolute Gasteiger partial charge is 0.497 e. The highest BCUT2D eigenvalue weighted by Gasteiger charge is 2.34. The van der Waals surface area contributed by atoms with Crippen molar-refractivity contribution in [1.29, 1.82) is 0 Å². The van der Waals surface area contributed by atoms with E-state index >= 15 is 0 Å². The maximum absolute atomic E-state index is 13.3. The number of methoxy groups -OCH3 is 2. The summed E-state index contributed by atoms with van der Waals surface area (Å²) in [5.41, 5.74) is -0.173. The van der Waals surface area contributed by atoms with Crippen LogP contribution in [0.5, 0.6) is 11.5 Å². The molecule has 116 valence electrons. The molecule has 22 heavy (non-hydrogen) atoms. The third-order valence-corrected chi connectivity index (χ3v) is 3.13. The first-order chi connectivity index (χ1) is 10.4. The molecule has 0 aliphatic rings. The van der Waals surface area contributed by atoms with E-state index in [0.717, 1.165) is 6.08 Å². The third kappa shape index (κ3) is 3.81. The first-order valence-corrected chi connectivity index (χ1v) is 6.51. The molecular weight excluding hydrogens is 293 g/mol. The van der Waals surface area contributed by atoms with E-state index in [0.29, 0.717) is 17.1 Å². The molecule has 0 saturated carbocycles. The standard InChI is InChI=1S/C17H15F3O2/c1-21-14-7-3-12(4-8-14)11-16(17(18,19)20)13-5-9-15(22-2)10-6-13/h3-11H,1-2H3/b16-11+. The van der Waals surface area contributed by atoms with Gasteiger partial charge in [-0.2, -0.15) is 13.2 Å². The molecule has 0 aromatic heterocycles. The summed E-state index contributed by atoms with van der Waals surface area (Å²) in [5.74, 6) is 1.10. The molecule has 0 radical (unpaired) electrons. The molecule has 5 heteroatoms. The van der Waals surface area contributed by atoms with Gasteiger partial charge in [0.15, 0.2) is 0 Å². The Morgan fingerprint density at radius 1 is 0.818 bits per heavy atom. The Labute approximate surface area is 126 Å². The molecule has 0 heterocycles. The van der Waals surface area contributed by atoms with Gasteiger partial charge < -0.3 is 9.47 Å². The lowest BCUT2D eigenvalue weighted by Crippen LogP contribution is -2.10. The monoisotopic (exact) mass is 308 g/mol. The summed E-state index contributed by atoms with van der Waals surface area (Å²) in [6.07, 6.45) is -3.34. The van der Waals surface area contributed by atoms with Crippen LogP contribution in [0.25, 0.3) is 11.6 Å². The minimum atomic E-state index is -4.45. The van der Waals surface area contributed by atoms with E-state index in [1.165, 1.54) is 38.5 Å². The second kappa shape index (κ2) is 6.56. The predicted octanol–water partition coefficient (Wildman–Crippen LogP) is 4.81. The van der Waals surface area contributed by atoms with E-state index in [1.54, 1.807) is 24.3 Å². The molecule has 2 aromatic carbocycles. The van der Waals surface area contributed by atoms with Crippen molar-refractivity contribution in [3.63, 3.8) is 0 Å². The second-order valence-corrected chi connectivity index (χ2v) is 4.56. The summed E-state index contributed by atoms with van der Waals surface area (Å²) in [6.45, 7) is 0. The Hall–Kier alpha value is -2.43. The summed E-state index contributed by atoms with van der Waals surface area (Å²) in [4.78, 5) is 0. The fourth-order valence-corrected chi connectivity index (χ4v) is 1.97. The van der Waals surface area contributed by atoms with Gasteiger partial charge in [0, 0.05) is 0 Å². The summed E-state index contributed by atoms with van der Waals surface area (Å²) in [7, 11) is 2.97. The highest BCUT2D eigenvalue weighted by molar-refractivity contribution is 5.84. The first-order valence-electron chi connectivity index (χ1n) is 6.51. The molecule has 0 atom stereocenters. The number of hydrogen-bond acceptors (Lipinski definition) is 2. The summed E-state index contributed by atoms with van der Waals surface area (Å²) in [6, 6.07) is 12.2. The van der Waals surface area contributed by atoms with Crippen LogP contribution in [0.4, 0.5) is 13.2 Å². The number of allylic oxidation sites excluding steroid dienone is 1. The van der Waals surface area contributed by atoms with E-state index in [9.17, 15) is 13.2 Å². The van der Waals surface area contributed by atoms with Gasteiger partial charge in [-0.25, -0.2) is 0 Å². The van der Waals surface area contributed by atoms with Gasteiger partial charge in [0.25, 0.3) is 0 Å². The third-order valence-electron chi connectivity index (χ3n) is 3.13. The van der Waals surface area contributed by atoms with Gasteiger partial charge >= 0.3 is 6.18 Å². The van der Waals surface area contributed by atoms with Crippen LogP contribution in [-0.2, 0) is 0 Å². The fourth-order valence-electron chi connectivity index (χ4n) is 1.97. The van der Waals surface area contributed by atoms with Crippen LogP contribution in [0.15, 0.2) is 48.5 Å². The number of benzene rings is 2. The molecule has 0 bridgehead atoms. The molecule has 2 aromatic rings.